The minimum absolute atomic E-state index is 0.150. The molecule has 1 heterocycles. The summed E-state index contributed by atoms with van der Waals surface area (Å²) >= 11 is 6.59. The highest BCUT2D eigenvalue weighted by molar-refractivity contribution is 9.11. The zero-order valence-corrected chi connectivity index (χ0v) is 13.6. The Morgan fingerprint density at radius 1 is 1.30 bits per heavy atom. The fourth-order valence-corrected chi connectivity index (χ4v) is 3.10. The number of aryl methyl sites for hydroxylation is 1. The summed E-state index contributed by atoms with van der Waals surface area (Å²) in [6.07, 6.45) is 1.54. The third-order valence-electron chi connectivity index (χ3n) is 2.88. The summed E-state index contributed by atoms with van der Waals surface area (Å²) in [7, 11) is 0. The van der Waals surface area contributed by atoms with Gasteiger partial charge in [-0.1, -0.05) is 6.07 Å². The molecule has 1 unspecified atom stereocenters. The van der Waals surface area contributed by atoms with Crippen molar-refractivity contribution in [1.82, 2.24) is 10.4 Å². The van der Waals surface area contributed by atoms with Crippen molar-refractivity contribution in [2.24, 2.45) is 5.84 Å². The van der Waals surface area contributed by atoms with E-state index < -0.39 is 17.7 Å². The van der Waals surface area contributed by atoms with Gasteiger partial charge >= 0.3 is 0 Å². The molecule has 0 aliphatic heterocycles. The fraction of sp³-hybridized carbons (Fsp3) is 0.154. The quantitative estimate of drug-likeness (QED) is 0.602. The Hall–Kier alpha value is -0.890. The number of benzene rings is 1. The Kier molecular flexibility index (Phi) is 4.85. The molecule has 2 rings (SSSR count). The molecule has 0 aliphatic carbocycles. The third-order valence-corrected chi connectivity index (χ3v) is 3.95. The van der Waals surface area contributed by atoms with Crippen molar-refractivity contribution in [2.45, 2.75) is 13.0 Å². The molecular formula is C13H11Br2F2N3. The van der Waals surface area contributed by atoms with E-state index >= 15 is 0 Å². The highest BCUT2D eigenvalue weighted by Gasteiger charge is 2.25. The van der Waals surface area contributed by atoms with Crippen molar-refractivity contribution in [3.05, 3.63) is 61.8 Å². The molecule has 0 fully saturated rings. The molecule has 0 amide bonds. The van der Waals surface area contributed by atoms with E-state index in [1.807, 2.05) is 0 Å². The predicted octanol–water partition coefficient (Wildman–Crippen LogP) is 3.75. The molecule has 0 radical (unpaired) electrons. The SMILES string of the molecule is Cc1ccc(F)c(C(NN)c2ncc(Br)cc2Br)c1F. The van der Waals surface area contributed by atoms with Crippen LogP contribution in [0.2, 0.25) is 0 Å². The lowest BCUT2D eigenvalue weighted by Gasteiger charge is -2.19. The van der Waals surface area contributed by atoms with Crippen LogP contribution in [-0.2, 0) is 0 Å². The lowest BCUT2D eigenvalue weighted by atomic mass is 10.00. The normalized spacial score (nSPS) is 12.5. The Labute approximate surface area is 131 Å². The van der Waals surface area contributed by atoms with E-state index in [4.69, 9.17) is 5.84 Å². The minimum atomic E-state index is -0.891. The van der Waals surface area contributed by atoms with Crippen LogP contribution in [0.15, 0.2) is 33.3 Å². The van der Waals surface area contributed by atoms with Gasteiger partial charge in [0, 0.05) is 20.7 Å². The second-order valence-electron chi connectivity index (χ2n) is 4.21. The van der Waals surface area contributed by atoms with Gasteiger partial charge in [-0.15, -0.1) is 0 Å². The van der Waals surface area contributed by atoms with Crippen LogP contribution in [0.25, 0.3) is 0 Å². The summed E-state index contributed by atoms with van der Waals surface area (Å²) in [4.78, 5) is 4.17. The van der Waals surface area contributed by atoms with E-state index in [9.17, 15) is 8.78 Å². The van der Waals surface area contributed by atoms with Crippen LogP contribution in [0.1, 0.15) is 22.9 Å². The molecule has 0 aliphatic rings. The second-order valence-corrected chi connectivity index (χ2v) is 5.98. The molecule has 1 aromatic carbocycles. The molecule has 3 N–H and O–H groups in total. The number of nitrogens with two attached hydrogens (primary N) is 1. The summed E-state index contributed by atoms with van der Waals surface area (Å²) < 4.78 is 29.5. The standard InChI is InChI=1S/C13H11Br2F2N3/c1-6-2-3-9(16)10(11(6)17)13(20-18)12-8(15)4-7(14)5-19-12/h2-5,13,20H,18H2,1H3. The first-order valence-corrected chi connectivity index (χ1v) is 7.26. The van der Waals surface area contributed by atoms with Gasteiger partial charge in [-0.25, -0.2) is 14.2 Å². The molecular weight excluding hydrogens is 396 g/mol. The number of rotatable bonds is 3. The summed E-state index contributed by atoms with van der Waals surface area (Å²) in [6, 6.07) is 3.44. The molecule has 1 aromatic heterocycles. The maximum absolute atomic E-state index is 14.2. The molecule has 20 heavy (non-hydrogen) atoms. The topological polar surface area (TPSA) is 50.9 Å². The van der Waals surface area contributed by atoms with E-state index in [2.05, 4.69) is 42.3 Å². The highest BCUT2D eigenvalue weighted by Crippen LogP contribution is 2.32. The van der Waals surface area contributed by atoms with Crippen LogP contribution >= 0.6 is 31.9 Å². The summed E-state index contributed by atoms with van der Waals surface area (Å²) in [6.45, 7) is 1.57. The van der Waals surface area contributed by atoms with Crippen molar-refractivity contribution in [3.63, 3.8) is 0 Å². The molecule has 3 nitrogen and oxygen atoms in total. The van der Waals surface area contributed by atoms with Crippen molar-refractivity contribution in [1.29, 1.82) is 0 Å². The fourth-order valence-electron chi connectivity index (χ4n) is 1.88. The number of aromatic nitrogens is 1. The average molecular weight is 407 g/mol. The second kappa shape index (κ2) is 6.26. The Morgan fingerprint density at radius 2 is 2.00 bits per heavy atom. The van der Waals surface area contributed by atoms with E-state index in [-0.39, 0.29) is 5.56 Å². The van der Waals surface area contributed by atoms with Gasteiger partial charge in [0.1, 0.15) is 11.6 Å². The lowest BCUT2D eigenvalue weighted by Crippen LogP contribution is -2.31. The zero-order valence-electron chi connectivity index (χ0n) is 10.4. The first-order valence-electron chi connectivity index (χ1n) is 5.67. The number of hydrogen-bond acceptors (Lipinski definition) is 3. The maximum Gasteiger partial charge on any atom is 0.134 e. The van der Waals surface area contributed by atoms with Crippen molar-refractivity contribution < 1.29 is 8.78 Å². The van der Waals surface area contributed by atoms with Crippen LogP contribution in [0.4, 0.5) is 8.78 Å². The largest absolute Gasteiger partial charge is 0.271 e. The molecule has 2 aromatic rings. The number of halogens is 4. The maximum atomic E-state index is 14.2. The molecule has 0 saturated carbocycles. The molecule has 0 spiro atoms. The average Bonchev–Trinajstić information content (AvgIpc) is 2.40. The summed E-state index contributed by atoms with van der Waals surface area (Å²) in [5.74, 6) is 4.17. The van der Waals surface area contributed by atoms with Gasteiger partial charge in [0.25, 0.3) is 0 Å². The summed E-state index contributed by atoms with van der Waals surface area (Å²) in [5, 5.41) is 0. The number of hydrogen-bond donors (Lipinski definition) is 2. The first kappa shape index (κ1) is 15.5. The van der Waals surface area contributed by atoms with Crippen molar-refractivity contribution in [2.75, 3.05) is 0 Å². The molecule has 7 heteroatoms. The Bertz CT molecular complexity index is 650. The van der Waals surface area contributed by atoms with Crippen molar-refractivity contribution >= 4 is 31.9 Å². The third kappa shape index (κ3) is 2.90. The van der Waals surface area contributed by atoms with Crippen molar-refractivity contribution in [3.8, 4) is 0 Å². The van der Waals surface area contributed by atoms with Crippen LogP contribution in [0.5, 0.6) is 0 Å². The van der Waals surface area contributed by atoms with E-state index in [1.54, 1.807) is 13.0 Å². The Balaban J connectivity index is 2.61. The molecule has 106 valence electrons. The molecule has 0 saturated heterocycles. The number of hydrazine groups is 1. The predicted molar refractivity (Wildman–Crippen MR) is 79.9 cm³/mol. The molecule has 0 bridgehead atoms. The first-order chi connectivity index (χ1) is 9.45. The van der Waals surface area contributed by atoms with Crippen LogP contribution in [0.3, 0.4) is 0 Å². The smallest absolute Gasteiger partial charge is 0.134 e. The van der Waals surface area contributed by atoms with Gasteiger partial charge in [-0.2, -0.15) is 0 Å². The lowest BCUT2D eigenvalue weighted by molar-refractivity contribution is 0.501. The van der Waals surface area contributed by atoms with Gasteiger partial charge < -0.3 is 0 Å². The van der Waals surface area contributed by atoms with E-state index in [0.717, 1.165) is 4.47 Å². The van der Waals surface area contributed by atoms with Crippen LogP contribution < -0.4 is 11.3 Å². The summed E-state index contributed by atoms with van der Waals surface area (Å²) in [5.41, 5.74) is 3.01. The van der Waals surface area contributed by atoms with Gasteiger partial charge in [0.05, 0.1) is 11.7 Å². The Morgan fingerprint density at radius 3 is 2.60 bits per heavy atom. The minimum Gasteiger partial charge on any atom is -0.271 e. The van der Waals surface area contributed by atoms with Crippen LogP contribution in [0, 0.1) is 18.6 Å². The van der Waals surface area contributed by atoms with Gasteiger partial charge in [0.15, 0.2) is 0 Å². The zero-order chi connectivity index (χ0) is 14.9. The number of nitrogens with one attached hydrogen (secondary N) is 1. The number of pyridine rings is 1. The van der Waals surface area contributed by atoms with E-state index in [0.29, 0.717) is 15.7 Å². The monoisotopic (exact) mass is 405 g/mol. The van der Waals surface area contributed by atoms with Crippen LogP contribution in [-0.4, -0.2) is 4.98 Å². The highest BCUT2D eigenvalue weighted by atomic mass is 79.9. The van der Waals surface area contributed by atoms with Gasteiger partial charge in [-0.05, 0) is 56.5 Å². The molecule has 1 atom stereocenters. The van der Waals surface area contributed by atoms with E-state index in [1.165, 1.54) is 18.3 Å². The number of nitrogens with zero attached hydrogens (tertiary/aromatic N) is 1. The van der Waals surface area contributed by atoms with Gasteiger partial charge in [0.2, 0.25) is 0 Å². The van der Waals surface area contributed by atoms with Gasteiger partial charge in [-0.3, -0.25) is 10.8 Å².